The highest BCUT2D eigenvalue weighted by Gasteiger charge is 2.43. The molecule has 29 heavy (non-hydrogen) atoms. The molecule has 1 heterocycles. The Morgan fingerprint density at radius 1 is 1.07 bits per heavy atom. The van der Waals surface area contributed by atoms with Crippen LogP contribution in [0.25, 0.3) is 0 Å². The first-order valence-electron chi connectivity index (χ1n) is 9.38. The number of carbonyl (C=O) groups excluding carboxylic acids is 2. The number of methoxy groups -OCH3 is 1. The van der Waals surface area contributed by atoms with E-state index in [1.807, 2.05) is 39.5 Å². The van der Waals surface area contributed by atoms with E-state index in [9.17, 15) is 9.59 Å². The zero-order chi connectivity index (χ0) is 22.1. The Hall–Kier alpha value is -1.98. The third kappa shape index (κ3) is 4.31. The molecule has 1 aliphatic heterocycles. The third-order valence-electron chi connectivity index (χ3n) is 4.89. The molecule has 0 spiro atoms. The van der Waals surface area contributed by atoms with Crippen molar-refractivity contribution in [2.75, 3.05) is 13.7 Å². The van der Waals surface area contributed by atoms with Gasteiger partial charge < -0.3 is 14.4 Å². The normalized spacial score (nSPS) is 17.6. The van der Waals surface area contributed by atoms with E-state index >= 15 is 0 Å². The molecule has 158 valence electrons. The lowest BCUT2D eigenvalue weighted by Crippen LogP contribution is -2.44. The van der Waals surface area contributed by atoms with Crippen LogP contribution in [0.5, 0.6) is 0 Å². The minimum Gasteiger partial charge on any atom is -0.466 e. The molecule has 0 saturated heterocycles. The summed E-state index contributed by atoms with van der Waals surface area (Å²) in [5.74, 6) is -1.80. The maximum atomic E-state index is 13.1. The number of hydrogen-bond donors (Lipinski definition) is 0. The Labute approximate surface area is 182 Å². The van der Waals surface area contributed by atoms with Crippen molar-refractivity contribution >= 4 is 35.1 Å². The minimum absolute atomic E-state index is 0.206. The fourth-order valence-electron chi connectivity index (χ4n) is 3.97. The van der Waals surface area contributed by atoms with E-state index in [1.54, 1.807) is 25.1 Å². The van der Waals surface area contributed by atoms with Crippen LogP contribution in [0, 0.1) is 0 Å². The number of esters is 2. The molecule has 0 N–H and O–H groups in total. The van der Waals surface area contributed by atoms with Crippen LogP contribution < -0.4 is 0 Å². The Morgan fingerprint density at radius 2 is 1.62 bits per heavy atom. The Kier molecular flexibility index (Phi) is 7.07. The van der Waals surface area contributed by atoms with E-state index in [2.05, 4.69) is 0 Å². The SMILES string of the molecule is CCOC(=O)C1=C(C)N(C(C)(C)C)C(C)=C(C(=O)OC)C1c1cccc(Cl)c1Cl. The molecular formula is C22H27Cl2NO4. The van der Waals surface area contributed by atoms with Gasteiger partial charge in [0, 0.05) is 16.9 Å². The predicted octanol–water partition coefficient (Wildman–Crippen LogP) is 5.48. The van der Waals surface area contributed by atoms with Crippen LogP contribution in [0.1, 0.15) is 53.0 Å². The molecule has 1 aromatic carbocycles. The fourth-order valence-corrected chi connectivity index (χ4v) is 4.38. The van der Waals surface area contributed by atoms with Crippen molar-refractivity contribution in [3.05, 3.63) is 56.3 Å². The standard InChI is InChI=1S/C22H27Cl2NO4/c1-8-29-21(27)17-13(3)25(22(4,5)6)12(2)16(20(26)28-7)18(17)14-10-9-11-15(23)19(14)24/h9-11,18H,8H2,1-7H3. The zero-order valence-corrected chi connectivity index (χ0v) is 19.4. The highest BCUT2D eigenvalue weighted by atomic mass is 35.5. The number of rotatable bonds is 4. The third-order valence-corrected chi connectivity index (χ3v) is 5.73. The second-order valence-corrected chi connectivity index (χ2v) is 8.58. The van der Waals surface area contributed by atoms with E-state index in [-0.39, 0.29) is 11.6 Å². The van der Waals surface area contributed by atoms with Crippen molar-refractivity contribution in [2.45, 2.75) is 53.0 Å². The molecule has 0 aromatic heterocycles. The first kappa shape index (κ1) is 23.3. The average Bonchev–Trinajstić information content (AvgIpc) is 2.62. The number of benzene rings is 1. The smallest absolute Gasteiger partial charge is 0.336 e. The quantitative estimate of drug-likeness (QED) is 0.581. The van der Waals surface area contributed by atoms with Crippen LogP contribution >= 0.6 is 23.2 Å². The summed E-state index contributed by atoms with van der Waals surface area (Å²) < 4.78 is 10.4. The van der Waals surface area contributed by atoms with E-state index in [1.165, 1.54) is 7.11 Å². The van der Waals surface area contributed by atoms with Crippen LogP contribution in [0.15, 0.2) is 40.7 Å². The number of nitrogens with zero attached hydrogens (tertiary/aromatic N) is 1. The maximum absolute atomic E-state index is 13.1. The Bertz CT molecular complexity index is 897. The summed E-state index contributed by atoms with van der Waals surface area (Å²) >= 11 is 12.8. The highest BCUT2D eigenvalue weighted by molar-refractivity contribution is 6.42. The van der Waals surface area contributed by atoms with Gasteiger partial charge in [0.15, 0.2) is 0 Å². The molecule has 1 aromatic rings. The largest absolute Gasteiger partial charge is 0.466 e. The lowest BCUT2D eigenvalue weighted by Gasteiger charge is -2.45. The fraction of sp³-hybridized carbons (Fsp3) is 0.455. The molecule has 1 aliphatic rings. The van der Waals surface area contributed by atoms with Crippen molar-refractivity contribution < 1.29 is 19.1 Å². The summed E-state index contributed by atoms with van der Waals surface area (Å²) in [7, 11) is 1.32. The second-order valence-electron chi connectivity index (χ2n) is 7.79. The number of carbonyl (C=O) groups is 2. The summed E-state index contributed by atoms with van der Waals surface area (Å²) in [6.45, 7) is 11.6. The molecule has 1 unspecified atom stereocenters. The Morgan fingerprint density at radius 3 is 2.10 bits per heavy atom. The van der Waals surface area contributed by atoms with Gasteiger partial charge in [-0.15, -0.1) is 0 Å². The molecule has 2 rings (SSSR count). The molecule has 0 amide bonds. The van der Waals surface area contributed by atoms with Crippen LogP contribution in [-0.4, -0.2) is 36.1 Å². The predicted molar refractivity (Wildman–Crippen MR) is 115 cm³/mol. The highest BCUT2D eigenvalue weighted by Crippen LogP contribution is 2.47. The van der Waals surface area contributed by atoms with Crippen molar-refractivity contribution in [2.24, 2.45) is 0 Å². The van der Waals surface area contributed by atoms with Crippen LogP contribution in [0.4, 0.5) is 0 Å². The molecule has 5 nitrogen and oxygen atoms in total. The van der Waals surface area contributed by atoms with E-state index in [0.717, 1.165) is 0 Å². The first-order valence-corrected chi connectivity index (χ1v) is 10.1. The van der Waals surface area contributed by atoms with Crippen molar-refractivity contribution in [3.8, 4) is 0 Å². The van der Waals surface area contributed by atoms with Gasteiger partial charge in [-0.05, 0) is 53.2 Å². The summed E-state index contributed by atoms with van der Waals surface area (Å²) in [5, 5.41) is 0.623. The zero-order valence-electron chi connectivity index (χ0n) is 17.9. The van der Waals surface area contributed by atoms with Crippen LogP contribution in [0.2, 0.25) is 10.0 Å². The average molecular weight is 440 g/mol. The topological polar surface area (TPSA) is 55.8 Å². The van der Waals surface area contributed by atoms with Gasteiger partial charge in [-0.25, -0.2) is 9.59 Å². The van der Waals surface area contributed by atoms with Gasteiger partial charge in [0.05, 0.1) is 40.8 Å². The second kappa shape index (κ2) is 8.80. The van der Waals surface area contributed by atoms with Crippen molar-refractivity contribution in [1.82, 2.24) is 4.90 Å². The van der Waals surface area contributed by atoms with Crippen molar-refractivity contribution in [3.63, 3.8) is 0 Å². The monoisotopic (exact) mass is 439 g/mol. The van der Waals surface area contributed by atoms with Gasteiger partial charge in [-0.1, -0.05) is 35.3 Å². The molecule has 0 radical (unpaired) electrons. The molecule has 0 aliphatic carbocycles. The summed E-state index contributed by atoms with van der Waals surface area (Å²) in [6.07, 6.45) is 0. The van der Waals surface area contributed by atoms with Crippen LogP contribution in [-0.2, 0) is 19.1 Å². The lowest BCUT2D eigenvalue weighted by molar-refractivity contribution is -0.139. The minimum atomic E-state index is -0.758. The number of halogens is 2. The lowest BCUT2D eigenvalue weighted by atomic mass is 9.78. The number of ether oxygens (including phenoxy) is 2. The van der Waals surface area contributed by atoms with Gasteiger partial charge in [-0.2, -0.15) is 0 Å². The number of allylic oxidation sites excluding steroid dienone is 2. The molecule has 1 atom stereocenters. The summed E-state index contributed by atoms with van der Waals surface area (Å²) in [6, 6.07) is 5.16. The van der Waals surface area contributed by atoms with Gasteiger partial charge in [0.2, 0.25) is 0 Å². The summed E-state index contributed by atoms with van der Waals surface area (Å²) in [5.41, 5.74) is 2.22. The Balaban J connectivity index is 2.93. The molecule has 0 fully saturated rings. The van der Waals surface area contributed by atoms with E-state index in [0.29, 0.717) is 33.1 Å². The van der Waals surface area contributed by atoms with E-state index in [4.69, 9.17) is 32.7 Å². The first-order chi connectivity index (χ1) is 13.5. The molecular weight excluding hydrogens is 413 g/mol. The van der Waals surface area contributed by atoms with Gasteiger partial charge in [0.1, 0.15) is 0 Å². The van der Waals surface area contributed by atoms with Gasteiger partial charge in [0.25, 0.3) is 0 Å². The van der Waals surface area contributed by atoms with Gasteiger partial charge >= 0.3 is 11.9 Å². The van der Waals surface area contributed by atoms with E-state index < -0.39 is 23.4 Å². The maximum Gasteiger partial charge on any atom is 0.336 e. The molecule has 0 saturated carbocycles. The molecule has 7 heteroatoms. The number of hydrogen-bond acceptors (Lipinski definition) is 5. The van der Waals surface area contributed by atoms with Crippen LogP contribution in [0.3, 0.4) is 0 Å². The molecule has 0 bridgehead atoms. The summed E-state index contributed by atoms with van der Waals surface area (Å²) in [4.78, 5) is 27.9. The van der Waals surface area contributed by atoms with Crippen molar-refractivity contribution in [1.29, 1.82) is 0 Å². The van der Waals surface area contributed by atoms with Gasteiger partial charge in [-0.3, -0.25) is 0 Å².